The van der Waals surface area contributed by atoms with Crippen molar-refractivity contribution >= 4 is 17.7 Å². The van der Waals surface area contributed by atoms with E-state index in [0.717, 1.165) is 29.1 Å². The van der Waals surface area contributed by atoms with Crippen LogP contribution in [0, 0.1) is 11.8 Å². The Kier molecular flexibility index (Phi) is 11.6. The number of esters is 1. The first-order valence-electron chi connectivity index (χ1n) is 10.8. The van der Waals surface area contributed by atoms with Gasteiger partial charge in [0.25, 0.3) is 0 Å². The van der Waals surface area contributed by atoms with Gasteiger partial charge in [-0.25, -0.2) is 4.39 Å². The number of halogens is 1. The molecule has 0 saturated heterocycles. The first-order chi connectivity index (χ1) is 14.9. The normalized spacial score (nSPS) is 24.5. The summed E-state index contributed by atoms with van der Waals surface area (Å²) in [6, 6.07) is 7.87. The molecule has 31 heavy (non-hydrogen) atoms. The van der Waals surface area contributed by atoms with Crippen LogP contribution >= 0.6 is 11.8 Å². The molecule has 0 heterocycles. The van der Waals surface area contributed by atoms with Gasteiger partial charge in [0.2, 0.25) is 0 Å². The van der Waals surface area contributed by atoms with Gasteiger partial charge in [-0.3, -0.25) is 4.79 Å². The smallest absolute Gasteiger partial charge is 0.305 e. The minimum Gasteiger partial charge on any atom is -0.469 e. The lowest BCUT2D eigenvalue weighted by Gasteiger charge is -2.20. The zero-order valence-electron chi connectivity index (χ0n) is 18.4. The largest absolute Gasteiger partial charge is 0.469 e. The van der Waals surface area contributed by atoms with Gasteiger partial charge in [0.15, 0.2) is 0 Å². The molecule has 0 aliphatic heterocycles. The van der Waals surface area contributed by atoms with Gasteiger partial charge < -0.3 is 19.7 Å². The van der Waals surface area contributed by atoms with Crippen molar-refractivity contribution in [1.82, 2.24) is 0 Å². The molecule has 1 fully saturated rings. The molecule has 1 aromatic rings. The highest BCUT2D eigenvalue weighted by molar-refractivity contribution is 7.99. The summed E-state index contributed by atoms with van der Waals surface area (Å²) in [5.74, 6) is 0.843. The highest BCUT2D eigenvalue weighted by Crippen LogP contribution is 2.38. The fourth-order valence-corrected chi connectivity index (χ4v) is 5.05. The summed E-state index contributed by atoms with van der Waals surface area (Å²) < 4.78 is 24.2. The quantitative estimate of drug-likeness (QED) is 0.269. The number of carbonyl (C=O) groups is 1. The highest BCUT2D eigenvalue weighted by Gasteiger charge is 2.40. The molecule has 2 N–H and O–H groups in total. The molecule has 1 saturated carbocycles. The lowest BCUT2D eigenvalue weighted by molar-refractivity contribution is -0.140. The number of hydrogen-bond donors (Lipinski definition) is 2. The fourth-order valence-electron chi connectivity index (χ4n) is 4.05. The second kappa shape index (κ2) is 13.9. The number of thioether (sulfide) groups is 1. The van der Waals surface area contributed by atoms with E-state index in [4.69, 9.17) is 4.74 Å². The van der Waals surface area contributed by atoms with Crippen LogP contribution in [0.3, 0.4) is 0 Å². The third-order valence-electron chi connectivity index (χ3n) is 5.67. The SMILES string of the molecule is COCc1cccc(C[C@H](O)/C=C/[C@@H]2[C@@H](CCSCCCC(=O)OC)[C@H](F)C[C@H]2O)c1. The van der Waals surface area contributed by atoms with Crippen molar-refractivity contribution in [3.05, 3.63) is 47.5 Å². The topological polar surface area (TPSA) is 76.0 Å². The summed E-state index contributed by atoms with van der Waals surface area (Å²) in [7, 11) is 3.03. The van der Waals surface area contributed by atoms with Gasteiger partial charge in [0.1, 0.15) is 6.17 Å². The number of hydrogen-bond acceptors (Lipinski definition) is 6. The van der Waals surface area contributed by atoms with E-state index in [2.05, 4.69) is 4.74 Å². The van der Waals surface area contributed by atoms with Gasteiger partial charge in [-0.2, -0.15) is 11.8 Å². The van der Waals surface area contributed by atoms with E-state index in [0.29, 0.717) is 25.9 Å². The summed E-state index contributed by atoms with van der Waals surface area (Å²) >= 11 is 1.69. The summed E-state index contributed by atoms with van der Waals surface area (Å²) in [5, 5.41) is 20.7. The van der Waals surface area contributed by atoms with E-state index in [1.807, 2.05) is 24.3 Å². The zero-order chi connectivity index (χ0) is 22.6. The number of benzene rings is 1. The van der Waals surface area contributed by atoms with Crippen molar-refractivity contribution in [3.8, 4) is 0 Å². The summed E-state index contributed by atoms with van der Waals surface area (Å²) in [5.41, 5.74) is 2.05. The van der Waals surface area contributed by atoms with E-state index in [1.165, 1.54) is 7.11 Å². The molecular formula is C24H35FO5S. The zero-order valence-corrected chi connectivity index (χ0v) is 19.2. The first-order valence-corrected chi connectivity index (χ1v) is 12.0. The number of aliphatic hydroxyl groups is 2. The highest BCUT2D eigenvalue weighted by atomic mass is 32.2. The molecule has 1 aromatic carbocycles. The monoisotopic (exact) mass is 454 g/mol. The van der Waals surface area contributed by atoms with Crippen molar-refractivity contribution in [2.75, 3.05) is 25.7 Å². The van der Waals surface area contributed by atoms with Gasteiger partial charge in [-0.15, -0.1) is 0 Å². The molecule has 7 heteroatoms. The number of carbonyl (C=O) groups excluding carboxylic acids is 1. The average molecular weight is 455 g/mol. The van der Waals surface area contributed by atoms with Crippen LogP contribution in [0.1, 0.15) is 36.8 Å². The Morgan fingerprint density at radius 2 is 2.10 bits per heavy atom. The average Bonchev–Trinajstić information content (AvgIpc) is 3.01. The minimum atomic E-state index is -1.04. The maximum absolute atomic E-state index is 14.5. The molecule has 0 spiro atoms. The number of methoxy groups -OCH3 is 2. The molecule has 5 nitrogen and oxygen atoms in total. The molecular weight excluding hydrogens is 419 g/mol. The van der Waals surface area contributed by atoms with Crippen LogP contribution in [-0.2, 0) is 27.3 Å². The predicted molar refractivity (Wildman–Crippen MR) is 122 cm³/mol. The van der Waals surface area contributed by atoms with Crippen molar-refractivity contribution in [1.29, 1.82) is 0 Å². The fraction of sp³-hybridized carbons (Fsp3) is 0.625. The van der Waals surface area contributed by atoms with Gasteiger partial charge in [0, 0.05) is 32.3 Å². The van der Waals surface area contributed by atoms with Crippen molar-refractivity contribution in [3.63, 3.8) is 0 Å². The van der Waals surface area contributed by atoms with E-state index in [9.17, 15) is 19.4 Å². The minimum absolute atomic E-state index is 0.141. The van der Waals surface area contributed by atoms with Crippen molar-refractivity contribution in [2.24, 2.45) is 11.8 Å². The van der Waals surface area contributed by atoms with Crippen LogP contribution in [0.4, 0.5) is 4.39 Å². The van der Waals surface area contributed by atoms with E-state index in [-0.39, 0.29) is 24.2 Å². The third-order valence-corrected chi connectivity index (χ3v) is 6.77. The second-order valence-electron chi connectivity index (χ2n) is 8.05. The molecule has 5 atom stereocenters. The maximum atomic E-state index is 14.5. The van der Waals surface area contributed by atoms with Gasteiger partial charge in [0.05, 0.1) is 25.9 Å². The molecule has 0 unspecified atom stereocenters. The Balaban J connectivity index is 1.82. The number of ether oxygens (including phenoxy) is 2. The Bertz CT molecular complexity index is 698. The number of alkyl halides is 1. The predicted octanol–water partition coefficient (Wildman–Crippen LogP) is 3.70. The van der Waals surface area contributed by atoms with Gasteiger partial charge >= 0.3 is 5.97 Å². The number of aliphatic hydroxyl groups excluding tert-OH is 2. The molecule has 174 valence electrons. The van der Waals surface area contributed by atoms with Gasteiger partial charge in [-0.05, 0) is 41.4 Å². The lowest BCUT2D eigenvalue weighted by Crippen LogP contribution is -2.20. The standard InChI is InChI=1S/C24H35FO5S/c1-29-16-18-6-3-5-17(13-18)14-19(26)8-9-21-20(22(25)15-23(21)27)10-12-31-11-4-7-24(28)30-2/h3,5-6,8-9,13,19-23,26-27H,4,7,10-12,14-16H2,1-2H3/b9-8+/t19-,20-,21-,22-,23-/m1/s1. The van der Waals surface area contributed by atoms with Crippen LogP contribution < -0.4 is 0 Å². The van der Waals surface area contributed by atoms with Crippen LogP contribution in [0.25, 0.3) is 0 Å². The number of rotatable bonds is 13. The van der Waals surface area contributed by atoms with E-state index < -0.39 is 18.4 Å². The van der Waals surface area contributed by atoms with Crippen LogP contribution in [0.5, 0.6) is 0 Å². The van der Waals surface area contributed by atoms with Crippen LogP contribution in [-0.4, -0.2) is 60.3 Å². The van der Waals surface area contributed by atoms with E-state index >= 15 is 0 Å². The molecule has 0 aromatic heterocycles. The van der Waals surface area contributed by atoms with Crippen LogP contribution in [0.2, 0.25) is 0 Å². The lowest BCUT2D eigenvalue weighted by atomic mass is 9.90. The van der Waals surface area contributed by atoms with Crippen molar-refractivity contribution in [2.45, 2.75) is 57.1 Å². The van der Waals surface area contributed by atoms with E-state index in [1.54, 1.807) is 31.0 Å². The molecule has 0 bridgehead atoms. The first kappa shape index (κ1) is 25.8. The van der Waals surface area contributed by atoms with Crippen LogP contribution in [0.15, 0.2) is 36.4 Å². The molecule has 1 aliphatic carbocycles. The molecule has 2 rings (SSSR count). The Labute approximate surface area is 189 Å². The molecule has 0 amide bonds. The summed E-state index contributed by atoms with van der Waals surface area (Å²) in [6.07, 6.45) is 3.41. The second-order valence-corrected chi connectivity index (χ2v) is 9.28. The molecule has 0 radical (unpaired) electrons. The summed E-state index contributed by atoms with van der Waals surface area (Å²) in [6.45, 7) is 0.522. The Morgan fingerprint density at radius 1 is 1.32 bits per heavy atom. The molecule has 1 aliphatic rings. The third kappa shape index (κ3) is 8.93. The maximum Gasteiger partial charge on any atom is 0.305 e. The Hall–Kier alpha value is -1.41. The van der Waals surface area contributed by atoms with Crippen molar-refractivity contribution < 1.29 is 28.9 Å². The van der Waals surface area contributed by atoms with Gasteiger partial charge in [-0.1, -0.05) is 36.4 Å². The Morgan fingerprint density at radius 3 is 2.84 bits per heavy atom. The summed E-state index contributed by atoms with van der Waals surface area (Å²) in [4.78, 5) is 11.1.